The lowest BCUT2D eigenvalue weighted by molar-refractivity contribution is 0.0948. The van der Waals surface area contributed by atoms with E-state index in [0.717, 1.165) is 25.2 Å². The molecule has 0 spiro atoms. The molecule has 1 amide bonds. The molecule has 4 nitrogen and oxygen atoms in total. The lowest BCUT2D eigenvalue weighted by atomic mass is 10.1. The molecule has 0 saturated heterocycles. The van der Waals surface area contributed by atoms with Crippen LogP contribution >= 0.6 is 0 Å². The summed E-state index contributed by atoms with van der Waals surface area (Å²) in [5, 5.41) is 12.2. The van der Waals surface area contributed by atoms with Gasteiger partial charge in [-0.1, -0.05) is 13.8 Å². The van der Waals surface area contributed by atoms with Crippen molar-refractivity contribution in [1.82, 2.24) is 10.2 Å². The van der Waals surface area contributed by atoms with Crippen molar-refractivity contribution in [2.24, 2.45) is 0 Å². The van der Waals surface area contributed by atoms with Gasteiger partial charge in [-0.15, -0.1) is 0 Å². The zero-order valence-electron chi connectivity index (χ0n) is 11.4. The largest absolute Gasteiger partial charge is 0.508 e. The predicted molar refractivity (Wildman–Crippen MR) is 73.0 cm³/mol. The van der Waals surface area contributed by atoms with E-state index in [1.165, 1.54) is 6.07 Å². The molecule has 1 aromatic carbocycles. The Balaban J connectivity index is 2.50. The second-order valence-corrected chi connectivity index (χ2v) is 4.28. The van der Waals surface area contributed by atoms with Crippen molar-refractivity contribution in [3.05, 3.63) is 29.3 Å². The SMILES string of the molecule is CCN(CC)CCNC(=O)c1ccc(O)cc1C. The van der Waals surface area contributed by atoms with E-state index in [9.17, 15) is 9.90 Å². The highest BCUT2D eigenvalue weighted by Gasteiger charge is 2.09. The molecule has 0 aromatic heterocycles. The number of aryl methyl sites for hydroxylation is 1. The molecule has 0 aliphatic carbocycles. The second kappa shape index (κ2) is 7.01. The first-order valence-electron chi connectivity index (χ1n) is 6.38. The van der Waals surface area contributed by atoms with Gasteiger partial charge in [-0.3, -0.25) is 4.79 Å². The third kappa shape index (κ3) is 4.04. The fourth-order valence-electron chi connectivity index (χ4n) is 1.87. The molecule has 0 aliphatic heterocycles. The van der Waals surface area contributed by atoms with Gasteiger partial charge in [-0.25, -0.2) is 0 Å². The first-order valence-corrected chi connectivity index (χ1v) is 6.38. The van der Waals surface area contributed by atoms with Gasteiger partial charge in [0.1, 0.15) is 5.75 Å². The van der Waals surface area contributed by atoms with Crippen molar-refractivity contribution in [2.75, 3.05) is 26.2 Å². The molecular formula is C14H22N2O2. The summed E-state index contributed by atoms with van der Waals surface area (Å²) < 4.78 is 0. The van der Waals surface area contributed by atoms with Crippen molar-refractivity contribution in [1.29, 1.82) is 0 Å². The smallest absolute Gasteiger partial charge is 0.251 e. The average molecular weight is 250 g/mol. The highest BCUT2D eigenvalue weighted by atomic mass is 16.3. The van der Waals surface area contributed by atoms with E-state index in [-0.39, 0.29) is 11.7 Å². The van der Waals surface area contributed by atoms with Crippen molar-refractivity contribution in [3.8, 4) is 5.75 Å². The first-order chi connectivity index (χ1) is 8.58. The van der Waals surface area contributed by atoms with Crippen LogP contribution in [0, 0.1) is 6.92 Å². The third-order valence-electron chi connectivity index (χ3n) is 3.06. The van der Waals surface area contributed by atoms with E-state index in [1.807, 2.05) is 6.92 Å². The van der Waals surface area contributed by atoms with Gasteiger partial charge in [0.25, 0.3) is 5.91 Å². The van der Waals surface area contributed by atoms with E-state index >= 15 is 0 Å². The van der Waals surface area contributed by atoms with Crippen LogP contribution in [0.2, 0.25) is 0 Å². The Morgan fingerprint density at radius 2 is 2.00 bits per heavy atom. The first kappa shape index (κ1) is 14.5. The third-order valence-corrected chi connectivity index (χ3v) is 3.06. The van der Waals surface area contributed by atoms with Gasteiger partial charge < -0.3 is 15.3 Å². The molecule has 0 fully saturated rings. The van der Waals surface area contributed by atoms with Crippen LogP contribution in [0.5, 0.6) is 5.75 Å². The van der Waals surface area contributed by atoms with Crippen LogP contribution < -0.4 is 5.32 Å². The predicted octanol–water partition coefficient (Wildman–Crippen LogP) is 1.77. The summed E-state index contributed by atoms with van der Waals surface area (Å²) in [7, 11) is 0. The molecular weight excluding hydrogens is 228 g/mol. The van der Waals surface area contributed by atoms with Gasteiger partial charge in [0.15, 0.2) is 0 Å². The van der Waals surface area contributed by atoms with Crippen LogP contribution in [0.15, 0.2) is 18.2 Å². The fraction of sp³-hybridized carbons (Fsp3) is 0.500. The normalized spacial score (nSPS) is 10.7. The highest BCUT2D eigenvalue weighted by molar-refractivity contribution is 5.95. The molecule has 1 rings (SSSR count). The standard InChI is InChI=1S/C14H22N2O2/c1-4-16(5-2)9-8-15-14(18)13-7-6-12(17)10-11(13)3/h6-7,10,17H,4-5,8-9H2,1-3H3,(H,15,18). The zero-order chi connectivity index (χ0) is 13.5. The maximum Gasteiger partial charge on any atom is 0.251 e. The van der Waals surface area contributed by atoms with E-state index in [0.29, 0.717) is 12.1 Å². The number of aromatic hydroxyl groups is 1. The summed E-state index contributed by atoms with van der Waals surface area (Å²) in [6.45, 7) is 9.51. The topological polar surface area (TPSA) is 52.6 Å². The Morgan fingerprint density at radius 1 is 1.33 bits per heavy atom. The fourth-order valence-corrected chi connectivity index (χ4v) is 1.87. The van der Waals surface area contributed by atoms with Crippen molar-refractivity contribution >= 4 is 5.91 Å². The van der Waals surface area contributed by atoms with Gasteiger partial charge in [0.2, 0.25) is 0 Å². The summed E-state index contributed by atoms with van der Waals surface area (Å²) in [5.74, 6) is 0.104. The molecule has 0 aliphatic rings. The molecule has 0 bridgehead atoms. The number of nitrogens with one attached hydrogen (secondary N) is 1. The molecule has 2 N–H and O–H groups in total. The Kier molecular flexibility index (Phi) is 5.65. The van der Waals surface area contributed by atoms with Crippen LogP contribution in [-0.4, -0.2) is 42.1 Å². The number of carbonyl (C=O) groups is 1. The monoisotopic (exact) mass is 250 g/mol. The van der Waals surface area contributed by atoms with E-state index in [4.69, 9.17) is 0 Å². The second-order valence-electron chi connectivity index (χ2n) is 4.28. The molecule has 0 atom stereocenters. The van der Waals surface area contributed by atoms with Gasteiger partial charge in [0.05, 0.1) is 0 Å². The summed E-state index contributed by atoms with van der Waals surface area (Å²) in [6.07, 6.45) is 0. The molecule has 4 heteroatoms. The maximum atomic E-state index is 11.9. The number of rotatable bonds is 6. The Morgan fingerprint density at radius 3 is 2.56 bits per heavy atom. The summed E-state index contributed by atoms with van der Waals surface area (Å²) in [5.41, 5.74) is 1.41. The quantitative estimate of drug-likeness (QED) is 0.809. The minimum atomic E-state index is -0.0837. The summed E-state index contributed by atoms with van der Waals surface area (Å²) in [4.78, 5) is 14.2. The number of hydrogen-bond acceptors (Lipinski definition) is 3. The van der Waals surface area contributed by atoms with Crippen LogP contribution in [0.25, 0.3) is 0 Å². The van der Waals surface area contributed by atoms with Gasteiger partial charge in [-0.2, -0.15) is 0 Å². The van der Waals surface area contributed by atoms with Crippen molar-refractivity contribution in [3.63, 3.8) is 0 Å². The highest BCUT2D eigenvalue weighted by Crippen LogP contribution is 2.15. The molecule has 18 heavy (non-hydrogen) atoms. The number of hydrogen-bond donors (Lipinski definition) is 2. The average Bonchev–Trinajstić information content (AvgIpc) is 2.34. The van der Waals surface area contributed by atoms with Crippen LogP contribution in [0.4, 0.5) is 0 Å². The number of likely N-dealkylation sites (N-methyl/N-ethyl adjacent to an activating group) is 1. The molecule has 0 saturated carbocycles. The van der Waals surface area contributed by atoms with Crippen molar-refractivity contribution in [2.45, 2.75) is 20.8 Å². The lowest BCUT2D eigenvalue weighted by Gasteiger charge is -2.18. The van der Waals surface area contributed by atoms with Crippen molar-refractivity contribution < 1.29 is 9.90 Å². The Bertz CT molecular complexity index is 401. The number of nitrogens with zero attached hydrogens (tertiary/aromatic N) is 1. The molecule has 100 valence electrons. The van der Waals surface area contributed by atoms with Gasteiger partial charge in [-0.05, 0) is 43.8 Å². The lowest BCUT2D eigenvalue weighted by Crippen LogP contribution is -2.35. The Labute approximate surface area is 109 Å². The number of phenolic OH excluding ortho intramolecular Hbond substituents is 1. The van der Waals surface area contributed by atoms with Crippen LogP contribution in [0.3, 0.4) is 0 Å². The number of phenols is 1. The molecule has 0 unspecified atom stereocenters. The van der Waals surface area contributed by atoms with E-state index in [1.54, 1.807) is 12.1 Å². The molecule has 1 aromatic rings. The van der Waals surface area contributed by atoms with E-state index in [2.05, 4.69) is 24.1 Å². The Hall–Kier alpha value is -1.55. The van der Waals surface area contributed by atoms with Crippen LogP contribution in [-0.2, 0) is 0 Å². The molecule has 0 heterocycles. The summed E-state index contributed by atoms with van der Waals surface area (Å²) >= 11 is 0. The van der Waals surface area contributed by atoms with E-state index < -0.39 is 0 Å². The molecule has 0 radical (unpaired) electrons. The minimum absolute atomic E-state index is 0.0837. The number of benzene rings is 1. The zero-order valence-corrected chi connectivity index (χ0v) is 11.4. The van der Waals surface area contributed by atoms with Gasteiger partial charge in [0, 0.05) is 18.7 Å². The van der Waals surface area contributed by atoms with Crippen LogP contribution in [0.1, 0.15) is 29.8 Å². The number of carbonyl (C=O) groups excluding carboxylic acids is 1. The number of amides is 1. The summed E-state index contributed by atoms with van der Waals surface area (Å²) in [6, 6.07) is 4.78. The maximum absolute atomic E-state index is 11.9. The van der Waals surface area contributed by atoms with Gasteiger partial charge >= 0.3 is 0 Å². The minimum Gasteiger partial charge on any atom is -0.508 e.